The predicted octanol–water partition coefficient (Wildman–Crippen LogP) is 5.17. The average Bonchev–Trinajstić information content (AvgIpc) is 2.78. The largest absolute Gasteiger partial charge is 0.493 e. The fraction of sp³-hybridized carbons (Fsp3) is 0.240. The lowest BCUT2D eigenvalue weighted by molar-refractivity contribution is -0.131. The van der Waals surface area contributed by atoms with E-state index in [-0.39, 0.29) is 5.91 Å². The number of hydrogen-bond acceptors (Lipinski definition) is 3. The van der Waals surface area contributed by atoms with Gasteiger partial charge in [0.1, 0.15) is 0 Å². The molecule has 0 saturated carbocycles. The summed E-state index contributed by atoms with van der Waals surface area (Å²) in [6.07, 6.45) is 1.09. The Morgan fingerprint density at radius 1 is 0.833 bits per heavy atom. The van der Waals surface area contributed by atoms with Gasteiger partial charge in [0.05, 0.1) is 20.6 Å². The molecule has 4 nitrogen and oxygen atoms in total. The molecule has 0 unspecified atom stereocenters. The number of rotatable bonds is 9. The van der Waals surface area contributed by atoms with Crippen molar-refractivity contribution in [2.24, 2.45) is 0 Å². The van der Waals surface area contributed by atoms with Crippen LogP contribution in [-0.2, 0) is 24.2 Å². The van der Waals surface area contributed by atoms with E-state index in [0.717, 1.165) is 16.7 Å². The monoisotopic (exact) mass is 423 g/mol. The van der Waals surface area contributed by atoms with Crippen molar-refractivity contribution in [3.05, 3.63) is 94.5 Å². The first-order chi connectivity index (χ1) is 14.6. The molecule has 0 aromatic heterocycles. The summed E-state index contributed by atoms with van der Waals surface area (Å²) in [6.45, 7) is 1.14. The zero-order valence-corrected chi connectivity index (χ0v) is 18.1. The normalized spacial score (nSPS) is 10.5. The fourth-order valence-corrected chi connectivity index (χ4v) is 3.41. The molecule has 0 aliphatic carbocycles. The minimum atomic E-state index is 0.0941. The molecule has 0 N–H and O–H groups in total. The molecule has 3 aromatic carbocycles. The van der Waals surface area contributed by atoms with E-state index in [1.165, 1.54) is 0 Å². The highest BCUT2D eigenvalue weighted by atomic mass is 35.5. The van der Waals surface area contributed by atoms with Gasteiger partial charge in [0.2, 0.25) is 5.91 Å². The summed E-state index contributed by atoms with van der Waals surface area (Å²) in [7, 11) is 3.24. The molecular formula is C25H26ClNO3. The lowest BCUT2D eigenvalue weighted by Gasteiger charge is -2.23. The maximum Gasteiger partial charge on any atom is 0.227 e. The number of ether oxygens (including phenoxy) is 2. The van der Waals surface area contributed by atoms with Crippen LogP contribution in [0.4, 0.5) is 0 Å². The minimum Gasteiger partial charge on any atom is -0.493 e. The summed E-state index contributed by atoms with van der Waals surface area (Å²) in [4.78, 5) is 15.0. The molecule has 0 spiro atoms. The zero-order valence-electron chi connectivity index (χ0n) is 17.3. The highest BCUT2D eigenvalue weighted by molar-refractivity contribution is 6.30. The molecular weight excluding hydrogens is 398 g/mol. The predicted molar refractivity (Wildman–Crippen MR) is 120 cm³/mol. The van der Waals surface area contributed by atoms with E-state index >= 15 is 0 Å². The van der Waals surface area contributed by atoms with Gasteiger partial charge >= 0.3 is 0 Å². The number of amides is 1. The van der Waals surface area contributed by atoms with Gasteiger partial charge in [-0.3, -0.25) is 4.79 Å². The van der Waals surface area contributed by atoms with Crippen LogP contribution >= 0.6 is 11.6 Å². The van der Waals surface area contributed by atoms with E-state index in [2.05, 4.69) is 0 Å². The number of carbonyl (C=O) groups is 1. The van der Waals surface area contributed by atoms with Gasteiger partial charge in [-0.05, 0) is 47.4 Å². The Kier molecular flexibility index (Phi) is 7.75. The van der Waals surface area contributed by atoms with Crippen LogP contribution in [-0.4, -0.2) is 31.6 Å². The molecule has 156 valence electrons. The molecule has 0 fully saturated rings. The van der Waals surface area contributed by atoms with Crippen LogP contribution in [0, 0.1) is 0 Å². The summed E-state index contributed by atoms with van der Waals surface area (Å²) >= 11 is 6.01. The van der Waals surface area contributed by atoms with Crippen LogP contribution in [0.5, 0.6) is 11.5 Å². The first-order valence-corrected chi connectivity index (χ1v) is 10.2. The molecule has 0 radical (unpaired) electrons. The highest BCUT2D eigenvalue weighted by Gasteiger charge is 2.15. The van der Waals surface area contributed by atoms with Crippen molar-refractivity contribution in [2.75, 3.05) is 20.8 Å². The molecule has 0 aliphatic rings. The van der Waals surface area contributed by atoms with Gasteiger partial charge in [0.15, 0.2) is 11.5 Å². The second kappa shape index (κ2) is 10.7. The number of carbonyl (C=O) groups excluding carboxylic acids is 1. The van der Waals surface area contributed by atoms with Crippen molar-refractivity contribution in [1.82, 2.24) is 4.90 Å². The van der Waals surface area contributed by atoms with E-state index < -0.39 is 0 Å². The molecule has 0 saturated heterocycles. The van der Waals surface area contributed by atoms with Gasteiger partial charge in [0, 0.05) is 18.1 Å². The van der Waals surface area contributed by atoms with Gasteiger partial charge < -0.3 is 14.4 Å². The van der Waals surface area contributed by atoms with Gasteiger partial charge in [-0.15, -0.1) is 0 Å². The SMILES string of the molecule is COc1ccc(CCN(Cc2ccc(Cl)cc2)C(=O)Cc2ccccc2)cc1OC. The van der Waals surface area contributed by atoms with E-state index in [0.29, 0.717) is 42.5 Å². The van der Waals surface area contributed by atoms with Gasteiger partial charge in [0.25, 0.3) is 0 Å². The standard InChI is InChI=1S/C25H26ClNO3/c1-29-23-13-10-20(16-24(23)30-2)14-15-27(18-21-8-11-22(26)12-9-21)25(28)17-19-6-4-3-5-7-19/h3-13,16H,14-15,17-18H2,1-2H3. The van der Waals surface area contributed by atoms with Crippen molar-refractivity contribution in [3.63, 3.8) is 0 Å². The second-order valence-corrected chi connectivity index (χ2v) is 7.48. The van der Waals surface area contributed by atoms with E-state index in [1.54, 1.807) is 14.2 Å². The summed E-state index contributed by atoms with van der Waals surface area (Å²) in [5, 5.41) is 0.686. The molecule has 3 rings (SSSR count). The van der Waals surface area contributed by atoms with E-state index in [9.17, 15) is 4.79 Å². The molecule has 0 aliphatic heterocycles. The van der Waals surface area contributed by atoms with Crippen molar-refractivity contribution in [1.29, 1.82) is 0 Å². The third-order valence-corrected chi connectivity index (χ3v) is 5.21. The highest BCUT2D eigenvalue weighted by Crippen LogP contribution is 2.27. The number of nitrogens with zero attached hydrogens (tertiary/aromatic N) is 1. The lowest BCUT2D eigenvalue weighted by Crippen LogP contribution is -2.33. The third-order valence-electron chi connectivity index (χ3n) is 4.96. The van der Waals surface area contributed by atoms with E-state index in [4.69, 9.17) is 21.1 Å². The fourth-order valence-electron chi connectivity index (χ4n) is 3.28. The maximum absolute atomic E-state index is 13.1. The lowest BCUT2D eigenvalue weighted by atomic mass is 10.1. The molecule has 1 amide bonds. The summed E-state index contributed by atoms with van der Waals surface area (Å²) in [5.41, 5.74) is 3.14. The van der Waals surface area contributed by atoms with Gasteiger partial charge in [-0.1, -0.05) is 60.1 Å². The van der Waals surface area contributed by atoms with Gasteiger partial charge in [-0.25, -0.2) is 0 Å². The van der Waals surface area contributed by atoms with Crippen molar-refractivity contribution in [2.45, 2.75) is 19.4 Å². The van der Waals surface area contributed by atoms with Crippen molar-refractivity contribution < 1.29 is 14.3 Å². The first-order valence-electron chi connectivity index (χ1n) is 9.86. The van der Waals surface area contributed by atoms with Crippen molar-refractivity contribution in [3.8, 4) is 11.5 Å². The number of benzene rings is 3. The van der Waals surface area contributed by atoms with Crippen molar-refractivity contribution >= 4 is 17.5 Å². The molecule has 3 aromatic rings. The van der Waals surface area contributed by atoms with Crippen LogP contribution in [0.25, 0.3) is 0 Å². The summed E-state index contributed by atoms with van der Waals surface area (Å²) < 4.78 is 10.7. The van der Waals surface area contributed by atoms with Crippen LogP contribution in [0.15, 0.2) is 72.8 Å². The Labute approximate surface area is 183 Å². The Bertz CT molecular complexity index is 958. The van der Waals surface area contributed by atoms with E-state index in [1.807, 2.05) is 77.7 Å². The molecule has 5 heteroatoms. The summed E-state index contributed by atoms with van der Waals surface area (Å²) in [6, 6.07) is 23.3. The van der Waals surface area contributed by atoms with Crippen LogP contribution in [0.3, 0.4) is 0 Å². The first kappa shape index (κ1) is 21.7. The average molecular weight is 424 g/mol. The van der Waals surface area contributed by atoms with Gasteiger partial charge in [-0.2, -0.15) is 0 Å². The third kappa shape index (κ3) is 6.01. The molecule has 30 heavy (non-hydrogen) atoms. The van der Waals surface area contributed by atoms with Crippen LogP contribution < -0.4 is 9.47 Å². The zero-order chi connectivity index (χ0) is 21.3. The Hall–Kier alpha value is -2.98. The summed E-state index contributed by atoms with van der Waals surface area (Å²) in [5.74, 6) is 1.48. The second-order valence-electron chi connectivity index (χ2n) is 7.04. The number of methoxy groups -OCH3 is 2. The minimum absolute atomic E-state index is 0.0941. The van der Waals surface area contributed by atoms with Crippen LogP contribution in [0.1, 0.15) is 16.7 Å². The number of halogens is 1. The Morgan fingerprint density at radius 2 is 1.50 bits per heavy atom. The molecule has 0 atom stereocenters. The number of hydrogen-bond donors (Lipinski definition) is 0. The quantitative estimate of drug-likeness (QED) is 0.476. The Morgan fingerprint density at radius 3 is 2.17 bits per heavy atom. The maximum atomic E-state index is 13.1. The topological polar surface area (TPSA) is 38.8 Å². The Balaban J connectivity index is 1.74. The van der Waals surface area contributed by atoms with Crippen LogP contribution in [0.2, 0.25) is 5.02 Å². The molecule has 0 heterocycles. The molecule has 0 bridgehead atoms. The smallest absolute Gasteiger partial charge is 0.227 e.